The van der Waals surface area contributed by atoms with Crippen molar-refractivity contribution in [2.45, 2.75) is 25.3 Å². The Kier molecular flexibility index (Phi) is 6.57. The van der Waals surface area contributed by atoms with Gasteiger partial charge in [0, 0.05) is 12.1 Å². The van der Waals surface area contributed by atoms with Gasteiger partial charge in [-0.05, 0) is 24.6 Å². The summed E-state index contributed by atoms with van der Waals surface area (Å²) in [5.74, 6) is -2.68. The topological polar surface area (TPSA) is 67.4 Å². The average Bonchev–Trinajstić information content (AvgIpc) is 2.65. The van der Waals surface area contributed by atoms with Crippen LogP contribution in [0.5, 0.6) is 0 Å². The molecule has 1 amide bonds. The van der Waals surface area contributed by atoms with Gasteiger partial charge in [-0.25, -0.2) is 4.79 Å². The first-order valence-corrected chi connectivity index (χ1v) is 8.20. The number of rotatable bonds is 7. The molecule has 0 unspecified atom stereocenters. The second kappa shape index (κ2) is 8.68. The largest absolute Gasteiger partial charge is 0.463 e. The normalized spacial score (nSPS) is 13.5. The molecule has 0 heterocycles. The fraction of sp³-hybridized carbons (Fsp3) is 0.263. The summed E-state index contributed by atoms with van der Waals surface area (Å²) in [4.78, 5) is 24.6. The van der Waals surface area contributed by atoms with Gasteiger partial charge < -0.3 is 10.1 Å². The molecule has 27 heavy (non-hydrogen) atoms. The van der Waals surface area contributed by atoms with Crippen LogP contribution in [0.2, 0.25) is 0 Å². The van der Waals surface area contributed by atoms with E-state index in [1.807, 2.05) is 0 Å². The molecular weight excluding hydrogens is 361 g/mol. The van der Waals surface area contributed by atoms with Gasteiger partial charge in [0.15, 0.2) is 0 Å². The summed E-state index contributed by atoms with van der Waals surface area (Å²) in [6, 6.07) is 15.5. The summed E-state index contributed by atoms with van der Waals surface area (Å²) in [5.41, 5.74) is -2.90. The summed E-state index contributed by atoms with van der Waals surface area (Å²) in [6.07, 6.45) is -5.14. The molecule has 0 aliphatic rings. The third-order valence-corrected chi connectivity index (χ3v) is 3.74. The molecule has 0 saturated carbocycles. The molecule has 0 saturated heterocycles. The van der Waals surface area contributed by atoms with Crippen molar-refractivity contribution in [3.05, 3.63) is 71.8 Å². The molecule has 0 spiro atoms. The number of benzene rings is 2. The van der Waals surface area contributed by atoms with Crippen LogP contribution in [0, 0.1) is 0 Å². The fourth-order valence-electron chi connectivity index (χ4n) is 2.36. The monoisotopic (exact) mass is 380 g/mol. The lowest BCUT2D eigenvalue weighted by Gasteiger charge is -2.34. The van der Waals surface area contributed by atoms with E-state index in [1.54, 1.807) is 41.7 Å². The molecule has 144 valence electrons. The van der Waals surface area contributed by atoms with E-state index in [9.17, 15) is 22.8 Å². The number of hydrogen-bond donors (Lipinski definition) is 2. The lowest BCUT2D eigenvalue weighted by atomic mass is 10.1. The molecule has 0 aliphatic heterocycles. The Morgan fingerprint density at radius 2 is 1.52 bits per heavy atom. The van der Waals surface area contributed by atoms with E-state index in [-0.39, 0.29) is 18.7 Å². The smallest absolute Gasteiger partial charge is 0.436 e. The molecule has 8 heteroatoms. The van der Waals surface area contributed by atoms with Gasteiger partial charge in [0.1, 0.15) is 0 Å². The average molecular weight is 380 g/mol. The van der Waals surface area contributed by atoms with E-state index < -0.39 is 23.7 Å². The first kappa shape index (κ1) is 20.4. The second-order valence-electron chi connectivity index (χ2n) is 5.63. The molecule has 2 aromatic carbocycles. The maximum atomic E-state index is 13.9. The second-order valence-corrected chi connectivity index (χ2v) is 5.63. The number of esters is 1. The van der Waals surface area contributed by atoms with Crippen LogP contribution in [0.4, 0.5) is 13.2 Å². The lowest BCUT2D eigenvalue weighted by molar-refractivity contribution is -0.219. The van der Waals surface area contributed by atoms with Crippen LogP contribution in [-0.2, 0) is 16.1 Å². The van der Waals surface area contributed by atoms with Gasteiger partial charge in [0.25, 0.3) is 11.6 Å². The highest BCUT2D eigenvalue weighted by Gasteiger charge is 2.63. The Morgan fingerprint density at radius 3 is 2.04 bits per heavy atom. The Hall–Kier alpha value is -2.87. The van der Waals surface area contributed by atoms with Gasteiger partial charge in [-0.2, -0.15) is 13.2 Å². The van der Waals surface area contributed by atoms with Gasteiger partial charge in [0.05, 0.1) is 6.61 Å². The van der Waals surface area contributed by atoms with Gasteiger partial charge in [-0.3, -0.25) is 10.1 Å². The number of nitrogens with one attached hydrogen (secondary N) is 2. The third-order valence-electron chi connectivity index (χ3n) is 3.74. The van der Waals surface area contributed by atoms with E-state index in [2.05, 4.69) is 10.1 Å². The molecule has 2 N–H and O–H groups in total. The fourth-order valence-corrected chi connectivity index (χ4v) is 2.36. The standard InChI is InChI=1S/C19H19F3N2O3/c1-2-27-17(26)18(19(20,21)22,23-13-14-9-5-3-6-10-14)24-16(25)15-11-7-4-8-12-15/h3-12,23H,2,13H2,1H3,(H,24,25)/t18-/m0/s1. The van der Waals surface area contributed by atoms with Gasteiger partial charge in [0.2, 0.25) is 0 Å². The molecule has 0 aromatic heterocycles. The van der Waals surface area contributed by atoms with Crippen molar-refractivity contribution in [2.75, 3.05) is 6.61 Å². The molecular formula is C19H19F3N2O3. The molecule has 2 rings (SSSR count). The van der Waals surface area contributed by atoms with Crippen molar-refractivity contribution in [1.29, 1.82) is 0 Å². The predicted molar refractivity (Wildman–Crippen MR) is 92.6 cm³/mol. The minimum Gasteiger partial charge on any atom is -0.463 e. The number of hydrogen-bond acceptors (Lipinski definition) is 4. The summed E-state index contributed by atoms with van der Waals surface area (Å²) in [5, 5.41) is 3.94. The van der Waals surface area contributed by atoms with Crippen LogP contribution in [0.3, 0.4) is 0 Å². The molecule has 0 radical (unpaired) electrons. The van der Waals surface area contributed by atoms with Crippen molar-refractivity contribution >= 4 is 11.9 Å². The number of carbonyl (C=O) groups excluding carboxylic acids is 2. The summed E-state index contributed by atoms with van der Waals surface area (Å²) in [6.45, 7) is 0.800. The van der Waals surface area contributed by atoms with Crippen LogP contribution in [-0.4, -0.2) is 30.3 Å². The highest BCUT2D eigenvalue weighted by atomic mass is 19.4. The molecule has 1 atom stereocenters. The third kappa shape index (κ3) is 4.85. The van der Waals surface area contributed by atoms with E-state index in [0.717, 1.165) is 0 Å². The Balaban J connectivity index is 2.37. The SMILES string of the molecule is CCOC(=O)[C@](NCc1ccccc1)(NC(=O)c1ccccc1)C(F)(F)F. The van der Waals surface area contributed by atoms with Crippen molar-refractivity contribution < 1.29 is 27.5 Å². The first-order chi connectivity index (χ1) is 12.8. The van der Waals surface area contributed by atoms with Crippen LogP contribution in [0.1, 0.15) is 22.8 Å². The van der Waals surface area contributed by atoms with Crippen LogP contribution >= 0.6 is 0 Å². The summed E-state index contributed by atoms with van der Waals surface area (Å²) in [7, 11) is 0. The maximum absolute atomic E-state index is 13.9. The first-order valence-electron chi connectivity index (χ1n) is 8.20. The molecule has 0 fully saturated rings. The van der Waals surface area contributed by atoms with Crippen molar-refractivity contribution in [3.63, 3.8) is 0 Å². The quantitative estimate of drug-likeness (QED) is 0.572. The van der Waals surface area contributed by atoms with Crippen LogP contribution in [0.25, 0.3) is 0 Å². The maximum Gasteiger partial charge on any atom is 0.436 e. The van der Waals surface area contributed by atoms with E-state index in [1.165, 1.54) is 31.2 Å². The Bertz CT molecular complexity index is 767. The highest BCUT2D eigenvalue weighted by Crippen LogP contribution is 2.30. The van der Waals surface area contributed by atoms with Crippen molar-refractivity contribution in [3.8, 4) is 0 Å². The van der Waals surface area contributed by atoms with Crippen LogP contribution < -0.4 is 10.6 Å². The predicted octanol–water partition coefficient (Wildman–Crippen LogP) is 3.03. The van der Waals surface area contributed by atoms with Crippen molar-refractivity contribution in [1.82, 2.24) is 10.6 Å². The Morgan fingerprint density at radius 1 is 0.963 bits per heavy atom. The number of halogens is 3. The number of ether oxygens (including phenoxy) is 1. The molecule has 0 aliphatic carbocycles. The molecule has 0 bridgehead atoms. The van der Waals surface area contributed by atoms with E-state index in [4.69, 9.17) is 0 Å². The zero-order valence-electron chi connectivity index (χ0n) is 14.5. The molecule has 5 nitrogen and oxygen atoms in total. The minimum absolute atomic E-state index is 0.0167. The number of carbonyl (C=O) groups is 2. The Labute approximate surface area is 154 Å². The van der Waals surface area contributed by atoms with Gasteiger partial charge in [-0.1, -0.05) is 48.5 Å². The summed E-state index contributed by atoms with van der Waals surface area (Å²) >= 11 is 0. The zero-order valence-corrected chi connectivity index (χ0v) is 14.5. The minimum atomic E-state index is -5.14. The molecule has 2 aromatic rings. The highest BCUT2D eigenvalue weighted by molar-refractivity contribution is 5.98. The van der Waals surface area contributed by atoms with Crippen LogP contribution in [0.15, 0.2) is 60.7 Å². The zero-order chi connectivity index (χ0) is 19.9. The van der Waals surface area contributed by atoms with Crippen molar-refractivity contribution in [2.24, 2.45) is 0 Å². The van der Waals surface area contributed by atoms with Gasteiger partial charge in [-0.15, -0.1) is 0 Å². The van der Waals surface area contributed by atoms with E-state index >= 15 is 0 Å². The van der Waals surface area contributed by atoms with E-state index in [0.29, 0.717) is 5.56 Å². The van der Waals surface area contributed by atoms with Gasteiger partial charge >= 0.3 is 12.1 Å². The lowest BCUT2D eigenvalue weighted by Crippen LogP contribution is -2.72. The number of alkyl halides is 3. The summed E-state index contributed by atoms with van der Waals surface area (Å²) < 4.78 is 46.5. The number of amides is 1.